The minimum absolute atomic E-state index is 0.0188. The van der Waals surface area contributed by atoms with Crippen molar-refractivity contribution in [2.45, 2.75) is 27.2 Å². The normalized spacial score (nSPS) is 10.6. The second kappa shape index (κ2) is 5.31. The molecule has 2 aromatic rings. The van der Waals surface area contributed by atoms with Crippen LogP contribution in [0.4, 0.5) is 5.69 Å². The Morgan fingerprint density at radius 3 is 2.62 bits per heavy atom. The van der Waals surface area contributed by atoms with E-state index in [1.165, 1.54) is 4.68 Å². The van der Waals surface area contributed by atoms with E-state index in [0.29, 0.717) is 0 Å². The van der Waals surface area contributed by atoms with Gasteiger partial charge in [-0.3, -0.25) is 10.1 Å². The number of hydrogen-bond donors (Lipinski definition) is 1. The maximum absolute atomic E-state index is 11.2. The van der Waals surface area contributed by atoms with Crippen LogP contribution in [0.2, 0.25) is 0 Å². The Balaban J connectivity index is 2.69. The zero-order chi connectivity index (χ0) is 15.7. The molecule has 2 rings (SSSR count). The fraction of sp³-hybridized carbons (Fsp3) is 0.308. The van der Waals surface area contributed by atoms with Crippen molar-refractivity contribution in [3.8, 4) is 5.82 Å². The van der Waals surface area contributed by atoms with Crippen LogP contribution >= 0.6 is 0 Å². The van der Waals surface area contributed by atoms with Crippen molar-refractivity contribution in [3.05, 3.63) is 44.9 Å². The summed E-state index contributed by atoms with van der Waals surface area (Å²) in [6.45, 7) is 5.59. The van der Waals surface area contributed by atoms with Crippen molar-refractivity contribution in [1.82, 2.24) is 14.8 Å². The van der Waals surface area contributed by atoms with Gasteiger partial charge in [-0.15, -0.1) is 0 Å². The number of aromatic nitrogens is 3. The van der Waals surface area contributed by atoms with Crippen LogP contribution in [0.5, 0.6) is 0 Å². The molecule has 0 spiro atoms. The molecule has 0 saturated heterocycles. The Kier molecular flexibility index (Phi) is 3.70. The fourth-order valence-corrected chi connectivity index (χ4v) is 2.25. The first-order chi connectivity index (χ1) is 9.86. The molecule has 8 nitrogen and oxygen atoms in total. The number of nitro groups is 1. The van der Waals surface area contributed by atoms with Gasteiger partial charge in [0.2, 0.25) is 5.82 Å². The smallest absolute Gasteiger partial charge is 0.337 e. The third kappa shape index (κ3) is 2.47. The van der Waals surface area contributed by atoms with Crippen molar-refractivity contribution in [1.29, 1.82) is 0 Å². The minimum Gasteiger partial charge on any atom is -0.478 e. The van der Waals surface area contributed by atoms with E-state index < -0.39 is 10.9 Å². The minimum atomic E-state index is -1.26. The first-order valence-corrected chi connectivity index (χ1v) is 6.30. The molecule has 8 heteroatoms. The van der Waals surface area contributed by atoms with Crippen molar-refractivity contribution in [2.24, 2.45) is 0 Å². The summed E-state index contributed by atoms with van der Waals surface area (Å²) in [6.07, 6.45) is 1.84. The molecule has 0 amide bonds. The van der Waals surface area contributed by atoms with Crippen LogP contribution in [0.3, 0.4) is 0 Å². The van der Waals surface area contributed by atoms with E-state index >= 15 is 0 Å². The number of carboxylic acid groups (broad SMARTS) is 1. The molecule has 110 valence electrons. The topological polar surface area (TPSA) is 111 Å². The summed E-state index contributed by atoms with van der Waals surface area (Å²) < 4.78 is 1.39. The Bertz CT molecular complexity index is 736. The highest BCUT2D eigenvalue weighted by molar-refractivity contribution is 5.88. The molecular formula is C13H14N4O4. The van der Waals surface area contributed by atoms with Gasteiger partial charge in [-0.2, -0.15) is 5.10 Å². The van der Waals surface area contributed by atoms with Crippen LogP contribution in [0, 0.1) is 24.0 Å². The number of nitrogens with zero attached hydrogens (tertiary/aromatic N) is 4. The number of hydrogen-bond acceptors (Lipinski definition) is 5. The number of rotatable bonds is 4. The molecule has 0 aliphatic carbocycles. The lowest BCUT2D eigenvalue weighted by Gasteiger charge is -2.05. The van der Waals surface area contributed by atoms with E-state index in [9.17, 15) is 14.9 Å². The second-order valence-electron chi connectivity index (χ2n) is 4.54. The lowest BCUT2D eigenvalue weighted by Crippen LogP contribution is -2.09. The van der Waals surface area contributed by atoms with Gasteiger partial charge in [0, 0.05) is 18.0 Å². The summed E-state index contributed by atoms with van der Waals surface area (Å²) in [7, 11) is 0. The Morgan fingerprint density at radius 2 is 2.14 bits per heavy atom. The van der Waals surface area contributed by atoms with E-state index in [1.807, 2.05) is 13.8 Å². The average molecular weight is 290 g/mol. The number of aromatic carboxylic acids is 1. The maximum atomic E-state index is 11.2. The average Bonchev–Trinajstić information content (AvgIpc) is 2.72. The van der Waals surface area contributed by atoms with Crippen molar-refractivity contribution >= 4 is 11.7 Å². The molecule has 2 heterocycles. The summed E-state index contributed by atoms with van der Waals surface area (Å²) in [5.74, 6) is -1.25. The second-order valence-corrected chi connectivity index (χ2v) is 4.54. The largest absolute Gasteiger partial charge is 0.478 e. The van der Waals surface area contributed by atoms with E-state index in [-0.39, 0.29) is 17.1 Å². The maximum Gasteiger partial charge on any atom is 0.337 e. The quantitative estimate of drug-likeness (QED) is 0.681. The van der Waals surface area contributed by atoms with Crippen molar-refractivity contribution in [3.63, 3.8) is 0 Å². The van der Waals surface area contributed by atoms with Gasteiger partial charge in [0.05, 0.1) is 16.2 Å². The van der Waals surface area contributed by atoms with E-state index in [4.69, 9.17) is 5.11 Å². The Morgan fingerprint density at radius 1 is 1.48 bits per heavy atom. The summed E-state index contributed by atoms with van der Waals surface area (Å²) >= 11 is 0. The number of carboxylic acids is 1. The SMILES string of the molecule is CCc1c(C)nn(-c2ncc(C(=O)O)cc2[N+](=O)[O-])c1C. The summed E-state index contributed by atoms with van der Waals surface area (Å²) in [4.78, 5) is 25.3. The van der Waals surface area contributed by atoms with E-state index in [1.54, 1.807) is 6.92 Å². The van der Waals surface area contributed by atoms with Gasteiger partial charge >= 0.3 is 11.7 Å². The van der Waals surface area contributed by atoms with Gasteiger partial charge in [-0.05, 0) is 25.8 Å². The summed E-state index contributed by atoms with van der Waals surface area (Å²) in [5, 5.41) is 24.4. The number of pyridine rings is 1. The third-order valence-electron chi connectivity index (χ3n) is 3.29. The number of carbonyl (C=O) groups is 1. The molecule has 0 unspecified atom stereocenters. The zero-order valence-corrected chi connectivity index (χ0v) is 11.8. The monoisotopic (exact) mass is 290 g/mol. The zero-order valence-electron chi connectivity index (χ0n) is 11.8. The molecule has 0 bridgehead atoms. The predicted octanol–water partition coefficient (Wildman–Crippen LogP) is 2.05. The molecule has 0 radical (unpaired) electrons. The lowest BCUT2D eigenvalue weighted by atomic mass is 10.1. The molecule has 2 aromatic heterocycles. The van der Waals surface area contributed by atoms with Gasteiger partial charge in [0.15, 0.2) is 0 Å². The van der Waals surface area contributed by atoms with Crippen LogP contribution in [0.1, 0.15) is 34.2 Å². The molecular weight excluding hydrogens is 276 g/mol. The lowest BCUT2D eigenvalue weighted by molar-refractivity contribution is -0.385. The Hall–Kier alpha value is -2.77. The van der Waals surface area contributed by atoms with Crippen LogP contribution in [0.15, 0.2) is 12.3 Å². The van der Waals surface area contributed by atoms with Gasteiger partial charge in [-0.1, -0.05) is 6.92 Å². The standard InChI is InChI=1S/C13H14N4O4/c1-4-10-7(2)15-16(8(10)3)12-11(17(20)21)5-9(6-14-12)13(18)19/h5-6H,4H2,1-3H3,(H,18,19). The first-order valence-electron chi connectivity index (χ1n) is 6.30. The summed E-state index contributed by atoms with van der Waals surface area (Å²) in [6, 6.07) is 0.993. The third-order valence-corrected chi connectivity index (χ3v) is 3.29. The van der Waals surface area contributed by atoms with Gasteiger partial charge < -0.3 is 5.11 Å². The molecule has 0 saturated carbocycles. The van der Waals surface area contributed by atoms with Gasteiger partial charge in [-0.25, -0.2) is 14.5 Å². The van der Waals surface area contributed by atoms with Gasteiger partial charge in [0.25, 0.3) is 0 Å². The molecule has 0 fully saturated rings. The molecule has 0 aromatic carbocycles. The molecule has 0 aliphatic rings. The highest BCUT2D eigenvalue weighted by atomic mass is 16.6. The number of aryl methyl sites for hydroxylation is 1. The van der Waals surface area contributed by atoms with E-state index in [0.717, 1.165) is 35.6 Å². The van der Waals surface area contributed by atoms with Crippen molar-refractivity contribution in [2.75, 3.05) is 0 Å². The van der Waals surface area contributed by atoms with Crippen LogP contribution < -0.4 is 0 Å². The van der Waals surface area contributed by atoms with Crippen LogP contribution in [0.25, 0.3) is 5.82 Å². The molecule has 1 N–H and O–H groups in total. The highest BCUT2D eigenvalue weighted by Crippen LogP contribution is 2.25. The van der Waals surface area contributed by atoms with Crippen LogP contribution in [-0.2, 0) is 6.42 Å². The molecule has 0 atom stereocenters. The predicted molar refractivity (Wildman–Crippen MR) is 73.8 cm³/mol. The van der Waals surface area contributed by atoms with Crippen LogP contribution in [-0.4, -0.2) is 30.8 Å². The van der Waals surface area contributed by atoms with Gasteiger partial charge in [0.1, 0.15) is 0 Å². The Labute approximate surface area is 120 Å². The fourth-order valence-electron chi connectivity index (χ4n) is 2.25. The summed E-state index contributed by atoms with van der Waals surface area (Å²) in [5.41, 5.74) is 1.90. The molecule has 21 heavy (non-hydrogen) atoms. The van der Waals surface area contributed by atoms with E-state index in [2.05, 4.69) is 10.1 Å². The van der Waals surface area contributed by atoms with Crippen molar-refractivity contribution < 1.29 is 14.8 Å². The molecule has 0 aliphatic heterocycles. The first kappa shape index (κ1) is 14.6. The highest BCUT2D eigenvalue weighted by Gasteiger charge is 2.23.